The van der Waals surface area contributed by atoms with Gasteiger partial charge in [0.05, 0.1) is 35.5 Å². The molecule has 9 heteroatoms. The molecule has 0 saturated carbocycles. The Hall–Kier alpha value is -3.90. The molecule has 2 aromatic heterocycles. The zero-order chi connectivity index (χ0) is 25.6. The normalized spacial score (nSPS) is 18.8. The lowest BCUT2D eigenvalue weighted by Gasteiger charge is -2.33. The van der Waals surface area contributed by atoms with Gasteiger partial charge in [0.1, 0.15) is 5.82 Å². The molecule has 1 atom stereocenters. The quantitative estimate of drug-likeness (QED) is 0.512. The van der Waals surface area contributed by atoms with E-state index in [1.165, 1.54) is 0 Å². The first-order valence-electron chi connectivity index (χ1n) is 13.0. The number of carbonyl (C=O) groups excluding carboxylic acids is 1. The molecule has 1 aromatic carbocycles. The molecule has 0 spiro atoms. The number of likely N-dealkylation sites (tertiary alicyclic amines) is 1. The third-order valence-corrected chi connectivity index (χ3v) is 7.39. The summed E-state index contributed by atoms with van der Waals surface area (Å²) in [6, 6.07) is 13.9. The minimum Gasteiger partial charge on any atom is -0.371 e. The number of carbonyl (C=O) groups is 1. The third kappa shape index (κ3) is 6.27. The first-order chi connectivity index (χ1) is 18.1. The predicted molar refractivity (Wildman–Crippen MR) is 143 cm³/mol. The minimum atomic E-state index is -0.0653. The standard InChI is InChI=1S/C28H34N8O/c1-34-13-9-25(10-14-34)36-20-24(18-32-36)33-27-15-26(8-11-30-27)35-12-2-3-23(19-35)28(37)31-17-22-6-4-21(16-29)5-7-22/h4-8,11,15,18,20,23,25H,2-3,9-10,12-14,17,19H2,1H3,(H,30,33)(H,31,37)/t23-/m0/s1. The number of nitrogens with one attached hydrogen (secondary N) is 2. The smallest absolute Gasteiger partial charge is 0.225 e. The van der Waals surface area contributed by atoms with Crippen molar-refractivity contribution in [3.63, 3.8) is 0 Å². The average Bonchev–Trinajstić information content (AvgIpc) is 3.41. The first kappa shape index (κ1) is 24.8. The van der Waals surface area contributed by atoms with Gasteiger partial charge in [-0.3, -0.25) is 9.48 Å². The highest BCUT2D eigenvalue weighted by molar-refractivity contribution is 5.79. The molecular weight excluding hydrogens is 464 g/mol. The molecule has 1 amide bonds. The molecule has 2 aliphatic heterocycles. The van der Waals surface area contributed by atoms with E-state index in [1.54, 1.807) is 12.1 Å². The van der Waals surface area contributed by atoms with Gasteiger partial charge in [-0.05, 0) is 69.6 Å². The van der Waals surface area contributed by atoms with Crippen molar-refractivity contribution in [1.82, 2.24) is 25.0 Å². The summed E-state index contributed by atoms with van der Waals surface area (Å²) < 4.78 is 2.07. The summed E-state index contributed by atoms with van der Waals surface area (Å²) in [6.45, 7) is 4.26. The number of anilines is 3. The topological polar surface area (TPSA) is 102 Å². The molecular formula is C28H34N8O. The molecule has 192 valence electrons. The lowest BCUT2D eigenvalue weighted by molar-refractivity contribution is -0.125. The van der Waals surface area contributed by atoms with E-state index in [9.17, 15) is 4.79 Å². The largest absolute Gasteiger partial charge is 0.371 e. The van der Waals surface area contributed by atoms with Crippen LogP contribution in [0.4, 0.5) is 17.2 Å². The monoisotopic (exact) mass is 498 g/mol. The summed E-state index contributed by atoms with van der Waals surface area (Å²) in [5.74, 6) is 0.778. The fourth-order valence-electron chi connectivity index (χ4n) is 5.15. The van der Waals surface area contributed by atoms with Crippen LogP contribution in [0.2, 0.25) is 0 Å². The number of nitrogens with zero attached hydrogens (tertiary/aromatic N) is 6. The van der Waals surface area contributed by atoms with Crippen LogP contribution in [0.25, 0.3) is 0 Å². The molecule has 2 N–H and O–H groups in total. The molecule has 0 bridgehead atoms. The number of hydrogen-bond donors (Lipinski definition) is 2. The van der Waals surface area contributed by atoms with Crippen LogP contribution in [-0.4, -0.2) is 58.8 Å². The molecule has 0 aliphatic carbocycles. The Morgan fingerprint density at radius 3 is 2.73 bits per heavy atom. The SMILES string of the molecule is CN1CCC(n2cc(Nc3cc(N4CCC[C@H](C(=O)NCc5ccc(C#N)cc5)C4)ccn3)cn2)CC1. The van der Waals surface area contributed by atoms with Gasteiger partial charge in [-0.2, -0.15) is 10.4 Å². The average molecular weight is 499 g/mol. The molecule has 2 saturated heterocycles. The zero-order valence-corrected chi connectivity index (χ0v) is 21.3. The zero-order valence-electron chi connectivity index (χ0n) is 21.3. The van der Waals surface area contributed by atoms with Gasteiger partial charge >= 0.3 is 0 Å². The van der Waals surface area contributed by atoms with Crippen LogP contribution < -0.4 is 15.5 Å². The number of aromatic nitrogens is 3. The molecule has 2 aliphatic rings. The Balaban J connectivity index is 1.17. The summed E-state index contributed by atoms with van der Waals surface area (Å²) in [7, 11) is 2.17. The van der Waals surface area contributed by atoms with Gasteiger partial charge in [0, 0.05) is 43.8 Å². The van der Waals surface area contributed by atoms with Crippen LogP contribution in [-0.2, 0) is 11.3 Å². The van der Waals surface area contributed by atoms with Gasteiger partial charge in [0.2, 0.25) is 5.91 Å². The number of rotatable bonds is 7. The van der Waals surface area contributed by atoms with Crippen LogP contribution >= 0.6 is 0 Å². The van der Waals surface area contributed by atoms with Crippen molar-refractivity contribution >= 4 is 23.1 Å². The van der Waals surface area contributed by atoms with E-state index in [0.29, 0.717) is 24.7 Å². The second-order valence-electron chi connectivity index (χ2n) is 10.1. The lowest BCUT2D eigenvalue weighted by atomic mass is 9.96. The maximum absolute atomic E-state index is 12.9. The fraction of sp³-hybridized carbons (Fsp3) is 0.429. The Bertz CT molecular complexity index is 1240. The predicted octanol–water partition coefficient (Wildman–Crippen LogP) is 3.69. The van der Waals surface area contributed by atoms with Crippen molar-refractivity contribution < 1.29 is 4.79 Å². The third-order valence-electron chi connectivity index (χ3n) is 7.39. The Kier molecular flexibility index (Phi) is 7.66. The van der Waals surface area contributed by atoms with Crippen LogP contribution in [0.15, 0.2) is 55.0 Å². The molecule has 0 unspecified atom stereocenters. The van der Waals surface area contributed by atoms with Crippen LogP contribution in [0.5, 0.6) is 0 Å². The summed E-state index contributed by atoms with van der Waals surface area (Å²) in [5.41, 5.74) is 3.60. The van der Waals surface area contributed by atoms with Crippen molar-refractivity contribution in [2.24, 2.45) is 5.92 Å². The van der Waals surface area contributed by atoms with E-state index >= 15 is 0 Å². The number of pyridine rings is 1. The van der Waals surface area contributed by atoms with E-state index in [2.05, 4.69) is 54.5 Å². The van der Waals surface area contributed by atoms with Crippen LogP contribution in [0.1, 0.15) is 42.9 Å². The highest BCUT2D eigenvalue weighted by Crippen LogP contribution is 2.27. The number of hydrogen-bond acceptors (Lipinski definition) is 7. The summed E-state index contributed by atoms with van der Waals surface area (Å²) in [4.78, 5) is 22.0. The fourth-order valence-corrected chi connectivity index (χ4v) is 5.15. The molecule has 9 nitrogen and oxygen atoms in total. The van der Waals surface area contributed by atoms with Crippen molar-refractivity contribution in [2.75, 3.05) is 43.4 Å². The Morgan fingerprint density at radius 1 is 1.14 bits per heavy atom. The second kappa shape index (κ2) is 11.4. The highest BCUT2D eigenvalue weighted by Gasteiger charge is 2.26. The van der Waals surface area contributed by atoms with E-state index in [4.69, 9.17) is 5.26 Å². The molecule has 5 rings (SSSR count). The molecule has 3 aromatic rings. The second-order valence-corrected chi connectivity index (χ2v) is 10.1. The van der Waals surface area contributed by atoms with Gasteiger partial charge in [-0.1, -0.05) is 12.1 Å². The molecule has 2 fully saturated rings. The van der Waals surface area contributed by atoms with Crippen molar-refractivity contribution in [3.05, 3.63) is 66.1 Å². The number of amides is 1. The number of benzene rings is 1. The Labute approximate surface area is 218 Å². The molecule has 0 radical (unpaired) electrons. The summed E-state index contributed by atoms with van der Waals surface area (Å²) >= 11 is 0. The van der Waals surface area contributed by atoms with E-state index in [0.717, 1.165) is 68.1 Å². The van der Waals surface area contributed by atoms with Gasteiger partial charge in [-0.25, -0.2) is 4.98 Å². The van der Waals surface area contributed by atoms with Crippen molar-refractivity contribution in [3.8, 4) is 6.07 Å². The van der Waals surface area contributed by atoms with Gasteiger partial charge < -0.3 is 20.4 Å². The lowest BCUT2D eigenvalue weighted by Crippen LogP contribution is -2.43. The number of nitriles is 1. The van der Waals surface area contributed by atoms with Gasteiger partial charge in [-0.15, -0.1) is 0 Å². The van der Waals surface area contributed by atoms with Gasteiger partial charge in [0.25, 0.3) is 0 Å². The summed E-state index contributed by atoms with van der Waals surface area (Å²) in [5, 5.41) is 20.0. The van der Waals surface area contributed by atoms with E-state index in [-0.39, 0.29) is 11.8 Å². The van der Waals surface area contributed by atoms with Crippen molar-refractivity contribution in [1.29, 1.82) is 5.26 Å². The molecule has 37 heavy (non-hydrogen) atoms. The molecule has 4 heterocycles. The highest BCUT2D eigenvalue weighted by atomic mass is 16.1. The van der Waals surface area contributed by atoms with Gasteiger partial charge in [0.15, 0.2) is 0 Å². The maximum Gasteiger partial charge on any atom is 0.225 e. The van der Waals surface area contributed by atoms with E-state index < -0.39 is 0 Å². The van der Waals surface area contributed by atoms with Crippen LogP contribution in [0, 0.1) is 17.2 Å². The van der Waals surface area contributed by atoms with E-state index in [1.807, 2.05) is 36.7 Å². The Morgan fingerprint density at radius 2 is 1.95 bits per heavy atom. The van der Waals surface area contributed by atoms with Crippen LogP contribution in [0.3, 0.4) is 0 Å². The maximum atomic E-state index is 12.9. The summed E-state index contributed by atoms with van der Waals surface area (Å²) in [6.07, 6.45) is 9.81. The minimum absolute atomic E-state index is 0.0653. The number of piperidine rings is 2. The first-order valence-corrected chi connectivity index (χ1v) is 13.0. The van der Waals surface area contributed by atoms with Crippen molar-refractivity contribution in [2.45, 2.75) is 38.3 Å².